The van der Waals surface area contributed by atoms with Crippen LogP contribution >= 0.6 is 0 Å². The van der Waals surface area contributed by atoms with Gasteiger partial charge in [-0.3, -0.25) is 0 Å². The lowest BCUT2D eigenvalue weighted by Gasteiger charge is -2.09. The van der Waals surface area contributed by atoms with E-state index >= 15 is 0 Å². The van der Waals surface area contributed by atoms with Crippen molar-refractivity contribution in [3.05, 3.63) is 35.4 Å². The van der Waals surface area contributed by atoms with Crippen molar-refractivity contribution in [2.24, 2.45) is 0 Å². The second kappa shape index (κ2) is 2.90. The van der Waals surface area contributed by atoms with Gasteiger partial charge >= 0.3 is 7.12 Å². The van der Waals surface area contributed by atoms with Crippen LogP contribution in [-0.2, 0) is 6.54 Å². The minimum atomic E-state index is -1.31. The highest BCUT2D eigenvalue weighted by atomic mass is 16.4. The normalized spacial score (nSPS) is 20.7. The summed E-state index contributed by atoms with van der Waals surface area (Å²) in [6, 6.07) is 7.76. The molecule has 1 aliphatic rings. The first kappa shape index (κ1) is 7.80. The molecule has 3 N–H and O–H groups in total. The molecule has 0 saturated carbocycles. The number of benzene rings is 1. The van der Waals surface area contributed by atoms with Crippen molar-refractivity contribution < 1.29 is 10.0 Å². The Bertz CT molecular complexity index is 290. The van der Waals surface area contributed by atoms with Crippen LogP contribution in [0.5, 0.6) is 0 Å². The minimum Gasteiger partial charge on any atom is -0.426 e. The number of hydrogen-bond donors (Lipinski definition) is 3. The van der Waals surface area contributed by atoms with Crippen molar-refractivity contribution in [3.63, 3.8) is 0 Å². The van der Waals surface area contributed by atoms with Gasteiger partial charge in [0.1, 0.15) is 0 Å². The third kappa shape index (κ3) is 1.14. The van der Waals surface area contributed by atoms with E-state index in [1.54, 1.807) is 0 Å². The molecule has 0 amide bonds. The third-order valence-electron chi connectivity index (χ3n) is 2.20. The third-order valence-corrected chi connectivity index (χ3v) is 2.20. The van der Waals surface area contributed by atoms with Gasteiger partial charge in [-0.05, 0) is 11.1 Å². The summed E-state index contributed by atoms with van der Waals surface area (Å²) in [6.45, 7) is 0.721. The predicted octanol–water partition coefficient (Wildman–Crippen LogP) is -0.157. The molecule has 0 saturated heterocycles. The summed E-state index contributed by atoms with van der Waals surface area (Å²) in [5.74, 6) is -0.318. The molecule has 62 valence electrons. The van der Waals surface area contributed by atoms with Gasteiger partial charge in [-0.15, -0.1) is 0 Å². The lowest BCUT2D eigenvalue weighted by atomic mass is 9.76. The number of fused-ring (bicyclic) bond motifs is 1. The Morgan fingerprint density at radius 1 is 1.33 bits per heavy atom. The molecule has 0 fully saturated rings. The summed E-state index contributed by atoms with van der Waals surface area (Å²) in [4.78, 5) is 0. The largest absolute Gasteiger partial charge is 0.474 e. The zero-order chi connectivity index (χ0) is 8.55. The summed E-state index contributed by atoms with van der Waals surface area (Å²) in [5.41, 5.74) is 2.14. The van der Waals surface area contributed by atoms with Crippen molar-refractivity contribution in [1.82, 2.24) is 5.32 Å². The quantitative estimate of drug-likeness (QED) is 0.504. The molecule has 0 bridgehead atoms. The van der Waals surface area contributed by atoms with Crippen molar-refractivity contribution >= 4 is 7.12 Å². The molecule has 0 aliphatic carbocycles. The molecule has 0 aromatic heterocycles. The molecule has 1 aromatic rings. The molecule has 0 radical (unpaired) electrons. The highest BCUT2D eigenvalue weighted by Crippen LogP contribution is 2.24. The molecule has 1 atom stereocenters. The molecule has 2 rings (SSSR count). The standard InChI is InChI=1S/C8H10BNO2/c11-9(12)8-7-4-2-1-3-6(7)5-10-8/h1-4,8,10-12H,5H2. The second-order valence-electron chi connectivity index (χ2n) is 2.97. The van der Waals surface area contributed by atoms with Crippen LogP contribution < -0.4 is 5.32 Å². The van der Waals surface area contributed by atoms with Crippen molar-refractivity contribution in [2.75, 3.05) is 0 Å². The maximum atomic E-state index is 8.99. The van der Waals surface area contributed by atoms with E-state index in [-0.39, 0.29) is 5.94 Å². The van der Waals surface area contributed by atoms with E-state index in [0.29, 0.717) is 0 Å². The molecule has 12 heavy (non-hydrogen) atoms. The Hall–Kier alpha value is -0.835. The Kier molecular flexibility index (Phi) is 1.88. The van der Waals surface area contributed by atoms with Crippen LogP contribution in [-0.4, -0.2) is 17.2 Å². The van der Waals surface area contributed by atoms with Crippen LogP contribution in [0.2, 0.25) is 0 Å². The van der Waals surface area contributed by atoms with Gasteiger partial charge in [0.25, 0.3) is 0 Å². The fraction of sp³-hybridized carbons (Fsp3) is 0.250. The molecule has 1 heterocycles. The summed E-state index contributed by atoms with van der Waals surface area (Å²) in [5, 5.41) is 21.0. The number of hydrogen-bond acceptors (Lipinski definition) is 3. The monoisotopic (exact) mass is 163 g/mol. The van der Waals surface area contributed by atoms with Crippen LogP contribution in [0, 0.1) is 0 Å². The zero-order valence-corrected chi connectivity index (χ0v) is 6.57. The van der Waals surface area contributed by atoms with E-state index in [4.69, 9.17) is 10.0 Å². The van der Waals surface area contributed by atoms with Crippen LogP contribution in [0.3, 0.4) is 0 Å². The van der Waals surface area contributed by atoms with E-state index in [1.807, 2.05) is 24.3 Å². The van der Waals surface area contributed by atoms with Gasteiger partial charge in [0, 0.05) is 6.54 Å². The Morgan fingerprint density at radius 3 is 2.83 bits per heavy atom. The van der Waals surface area contributed by atoms with E-state index in [2.05, 4.69) is 5.32 Å². The van der Waals surface area contributed by atoms with Gasteiger partial charge in [-0.2, -0.15) is 0 Å². The lowest BCUT2D eigenvalue weighted by Crippen LogP contribution is -2.30. The van der Waals surface area contributed by atoms with Crippen LogP contribution in [0.1, 0.15) is 17.1 Å². The van der Waals surface area contributed by atoms with Gasteiger partial charge in [-0.1, -0.05) is 24.3 Å². The fourth-order valence-corrected chi connectivity index (χ4v) is 1.59. The van der Waals surface area contributed by atoms with E-state index < -0.39 is 7.12 Å². The molecule has 1 unspecified atom stereocenters. The van der Waals surface area contributed by atoms with Gasteiger partial charge < -0.3 is 15.4 Å². The van der Waals surface area contributed by atoms with Gasteiger partial charge in [-0.25, -0.2) is 0 Å². The fourth-order valence-electron chi connectivity index (χ4n) is 1.59. The Balaban J connectivity index is 2.36. The maximum Gasteiger partial charge on any atom is 0.474 e. The summed E-state index contributed by atoms with van der Waals surface area (Å²) < 4.78 is 0. The Morgan fingerprint density at radius 2 is 2.08 bits per heavy atom. The topological polar surface area (TPSA) is 52.5 Å². The van der Waals surface area contributed by atoms with Crippen LogP contribution in [0.4, 0.5) is 0 Å². The maximum absolute atomic E-state index is 8.99. The molecule has 1 aromatic carbocycles. The predicted molar refractivity (Wildman–Crippen MR) is 46.2 cm³/mol. The Labute approximate surface area is 71.2 Å². The SMILES string of the molecule is OB(O)C1NCc2ccccc21. The molecule has 4 heteroatoms. The van der Waals surface area contributed by atoms with E-state index in [0.717, 1.165) is 17.7 Å². The zero-order valence-electron chi connectivity index (χ0n) is 6.57. The smallest absolute Gasteiger partial charge is 0.426 e. The lowest BCUT2D eigenvalue weighted by molar-refractivity contribution is 0.377. The molecular weight excluding hydrogens is 153 g/mol. The number of nitrogens with one attached hydrogen (secondary N) is 1. The van der Waals surface area contributed by atoms with Crippen molar-refractivity contribution in [2.45, 2.75) is 12.5 Å². The number of rotatable bonds is 1. The van der Waals surface area contributed by atoms with E-state index in [9.17, 15) is 0 Å². The summed E-state index contributed by atoms with van der Waals surface area (Å²) in [7, 11) is -1.31. The molecule has 1 aliphatic heterocycles. The van der Waals surface area contributed by atoms with Crippen molar-refractivity contribution in [1.29, 1.82) is 0 Å². The molecule has 3 nitrogen and oxygen atoms in total. The summed E-state index contributed by atoms with van der Waals surface area (Å²) in [6.07, 6.45) is 0. The van der Waals surface area contributed by atoms with Crippen molar-refractivity contribution in [3.8, 4) is 0 Å². The first-order chi connectivity index (χ1) is 5.79. The minimum absolute atomic E-state index is 0.318. The highest BCUT2D eigenvalue weighted by molar-refractivity contribution is 6.43. The first-order valence-electron chi connectivity index (χ1n) is 3.96. The second-order valence-corrected chi connectivity index (χ2v) is 2.97. The van der Waals surface area contributed by atoms with Gasteiger partial charge in [0.2, 0.25) is 0 Å². The molecule has 0 spiro atoms. The average molecular weight is 163 g/mol. The first-order valence-corrected chi connectivity index (χ1v) is 3.96. The van der Waals surface area contributed by atoms with Crippen LogP contribution in [0.25, 0.3) is 0 Å². The molecular formula is C8H10BNO2. The highest BCUT2D eigenvalue weighted by Gasteiger charge is 2.30. The van der Waals surface area contributed by atoms with Gasteiger partial charge in [0.05, 0.1) is 5.94 Å². The summed E-state index contributed by atoms with van der Waals surface area (Å²) >= 11 is 0. The van der Waals surface area contributed by atoms with Gasteiger partial charge in [0.15, 0.2) is 0 Å². The average Bonchev–Trinajstić information content (AvgIpc) is 2.47. The van der Waals surface area contributed by atoms with Crippen LogP contribution in [0.15, 0.2) is 24.3 Å². The van der Waals surface area contributed by atoms with E-state index in [1.165, 1.54) is 0 Å².